The predicted octanol–water partition coefficient (Wildman–Crippen LogP) is 5.13. The molecule has 1 atom stereocenters. The van der Waals surface area contributed by atoms with E-state index in [4.69, 9.17) is 0 Å². The molecule has 0 radical (unpaired) electrons. The number of unbranched alkanes of at least 4 members (excludes halogenated alkanes) is 5. The third kappa shape index (κ3) is 7.90. The Balaban J connectivity index is 3.65. The second-order valence-electron chi connectivity index (χ2n) is 4.88. The third-order valence-electron chi connectivity index (χ3n) is 3.38. The summed E-state index contributed by atoms with van der Waals surface area (Å²) in [6.45, 7) is 6.57. The van der Waals surface area contributed by atoms with Crippen LogP contribution in [0.25, 0.3) is 0 Å². The van der Waals surface area contributed by atoms with Gasteiger partial charge in [-0.05, 0) is 19.3 Å². The highest BCUT2D eigenvalue weighted by Crippen LogP contribution is 2.18. The van der Waals surface area contributed by atoms with Gasteiger partial charge in [0.25, 0.3) is 0 Å². The fourth-order valence-corrected chi connectivity index (χ4v) is 2.16. The minimum Gasteiger partial charge on any atom is -0.299 e. The summed E-state index contributed by atoms with van der Waals surface area (Å²) < 4.78 is 0. The van der Waals surface area contributed by atoms with Gasteiger partial charge in [0.15, 0.2) is 0 Å². The Bertz CT molecular complexity index is 163. The Hall–Kier alpha value is -0.330. The maximum absolute atomic E-state index is 11.9. The molecule has 0 N–H and O–H groups in total. The van der Waals surface area contributed by atoms with Gasteiger partial charge in [-0.1, -0.05) is 59.3 Å². The van der Waals surface area contributed by atoms with Gasteiger partial charge in [0.05, 0.1) is 0 Å². The summed E-state index contributed by atoms with van der Waals surface area (Å²) in [7, 11) is 0. The monoisotopic (exact) mass is 226 g/mol. The first-order chi connectivity index (χ1) is 7.76. The second-order valence-corrected chi connectivity index (χ2v) is 4.88. The van der Waals surface area contributed by atoms with Gasteiger partial charge in [-0.3, -0.25) is 4.79 Å². The van der Waals surface area contributed by atoms with Crippen molar-refractivity contribution in [2.24, 2.45) is 5.92 Å². The number of carbonyl (C=O) groups is 1. The van der Waals surface area contributed by atoms with Crippen molar-refractivity contribution >= 4 is 5.78 Å². The van der Waals surface area contributed by atoms with Crippen LogP contribution in [-0.4, -0.2) is 5.78 Å². The van der Waals surface area contributed by atoms with Crippen molar-refractivity contribution in [3.63, 3.8) is 0 Å². The lowest BCUT2D eigenvalue weighted by molar-refractivity contribution is -0.123. The van der Waals surface area contributed by atoms with Crippen molar-refractivity contribution in [2.45, 2.75) is 85.0 Å². The van der Waals surface area contributed by atoms with E-state index in [0.717, 1.165) is 25.7 Å². The van der Waals surface area contributed by atoms with Gasteiger partial charge in [-0.25, -0.2) is 0 Å². The summed E-state index contributed by atoms with van der Waals surface area (Å²) in [4.78, 5) is 11.9. The number of rotatable bonds is 11. The second kappa shape index (κ2) is 11.2. The summed E-state index contributed by atoms with van der Waals surface area (Å²) in [5, 5.41) is 0. The summed E-state index contributed by atoms with van der Waals surface area (Å²) in [6, 6.07) is 0. The Morgan fingerprint density at radius 1 is 0.875 bits per heavy atom. The quantitative estimate of drug-likeness (QED) is 0.446. The third-order valence-corrected chi connectivity index (χ3v) is 3.38. The molecule has 0 aromatic rings. The molecule has 16 heavy (non-hydrogen) atoms. The molecule has 0 spiro atoms. The highest BCUT2D eigenvalue weighted by atomic mass is 16.1. The Morgan fingerprint density at radius 3 is 2.06 bits per heavy atom. The average molecular weight is 226 g/mol. The maximum Gasteiger partial charge on any atom is 0.135 e. The smallest absolute Gasteiger partial charge is 0.135 e. The fourth-order valence-electron chi connectivity index (χ4n) is 2.16. The van der Waals surface area contributed by atoms with Crippen LogP contribution < -0.4 is 0 Å². The fraction of sp³-hybridized carbons (Fsp3) is 0.933. The topological polar surface area (TPSA) is 17.1 Å². The number of ketones is 1. The van der Waals surface area contributed by atoms with Crippen molar-refractivity contribution in [2.75, 3.05) is 0 Å². The largest absolute Gasteiger partial charge is 0.299 e. The van der Waals surface area contributed by atoms with Crippen LogP contribution in [0.4, 0.5) is 0 Å². The van der Waals surface area contributed by atoms with Crippen molar-refractivity contribution in [3.05, 3.63) is 0 Å². The van der Waals surface area contributed by atoms with Crippen LogP contribution in [0.15, 0.2) is 0 Å². The molecule has 1 nitrogen and oxygen atoms in total. The SMILES string of the molecule is CCCCCCC(CC)C(=O)CCCCC. The minimum atomic E-state index is 0.355. The molecule has 0 amide bonds. The summed E-state index contributed by atoms with van der Waals surface area (Å²) >= 11 is 0. The van der Waals surface area contributed by atoms with E-state index in [-0.39, 0.29) is 0 Å². The number of hydrogen-bond acceptors (Lipinski definition) is 1. The standard InChI is InChI=1S/C15H30O/c1-4-7-9-11-12-14(6-3)15(16)13-10-8-5-2/h14H,4-13H2,1-3H3. The molecule has 0 aliphatic carbocycles. The lowest BCUT2D eigenvalue weighted by Crippen LogP contribution is -2.13. The van der Waals surface area contributed by atoms with Gasteiger partial charge in [0.1, 0.15) is 5.78 Å². The zero-order valence-corrected chi connectivity index (χ0v) is 11.6. The average Bonchev–Trinajstić information content (AvgIpc) is 2.29. The molecule has 0 aliphatic rings. The van der Waals surface area contributed by atoms with Crippen LogP contribution in [0.2, 0.25) is 0 Å². The Kier molecular flexibility index (Phi) is 10.9. The first-order valence-corrected chi connectivity index (χ1v) is 7.28. The van der Waals surface area contributed by atoms with E-state index in [1.807, 2.05) is 0 Å². The molecule has 0 aromatic heterocycles. The van der Waals surface area contributed by atoms with E-state index in [1.54, 1.807) is 0 Å². The molecular formula is C15H30O. The van der Waals surface area contributed by atoms with Crippen molar-refractivity contribution in [3.8, 4) is 0 Å². The molecule has 0 bridgehead atoms. The van der Waals surface area contributed by atoms with Crippen molar-refractivity contribution in [1.29, 1.82) is 0 Å². The molecule has 96 valence electrons. The Labute approximate surface area is 102 Å². The molecule has 0 aliphatic heterocycles. The summed E-state index contributed by atoms with van der Waals surface area (Å²) in [5.41, 5.74) is 0. The molecule has 1 heteroatoms. The minimum absolute atomic E-state index is 0.355. The predicted molar refractivity (Wildman–Crippen MR) is 71.7 cm³/mol. The summed E-state index contributed by atoms with van der Waals surface area (Å²) in [6.07, 6.45) is 11.6. The Morgan fingerprint density at radius 2 is 1.50 bits per heavy atom. The first-order valence-electron chi connectivity index (χ1n) is 7.28. The normalized spacial score (nSPS) is 12.7. The lowest BCUT2D eigenvalue weighted by atomic mass is 9.91. The van der Waals surface area contributed by atoms with Crippen LogP contribution in [0.1, 0.15) is 85.0 Å². The van der Waals surface area contributed by atoms with E-state index in [1.165, 1.54) is 38.5 Å². The van der Waals surface area contributed by atoms with E-state index < -0.39 is 0 Å². The van der Waals surface area contributed by atoms with E-state index in [0.29, 0.717) is 11.7 Å². The van der Waals surface area contributed by atoms with Crippen LogP contribution in [-0.2, 0) is 4.79 Å². The highest BCUT2D eigenvalue weighted by molar-refractivity contribution is 5.80. The van der Waals surface area contributed by atoms with Crippen LogP contribution >= 0.6 is 0 Å². The van der Waals surface area contributed by atoms with E-state index >= 15 is 0 Å². The van der Waals surface area contributed by atoms with E-state index in [2.05, 4.69) is 20.8 Å². The highest BCUT2D eigenvalue weighted by Gasteiger charge is 2.14. The van der Waals surface area contributed by atoms with Gasteiger partial charge in [0, 0.05) is 12.3 Å². The van der Waals surface area contributed by atoms with E-state index in [9.17, 15) is 4.79 Å². The van der Waals surface area contributed by atoms with Gasteiger partial charge < -0.3 is 0 Å². The van der Waals surface area contributed by atoms with Gasteiger partial charge >= 0.3 is 0 Å². The molecule has 0 saturated heterocycles. The summed E-state index contributed by atoms with van der Waals surface area (Å²) in [5.74, 6) is 0.876. The number of carbonyl (C=O) groups excluding carboxylic acids is 1. The van der Waals surface area contributed by atoms with Crippen molar-refractivity contribution < 1.29 is 4.79 Å². The molecule has 1 unspecified atom stereocenters. The van der Waals surface area contributed by atoms with Crippen LogP contribution in [0, 0.1) is 5.92 Å². The molecule has 0 aromatic carbocycles. The van der Waals surface area contributed by atoms with Gasteiger partial charge in [0.2, 0.25) is 0 Å². The zero-order valence-electron chi connectivity index (χ0n) is 11.6. The first kappa shape index (κ1) is 15.7. The zero-order chi connectivity index (χ0) is 12.2. The molecule has 0 rings (SSSR count). The molecular weight excluding hydrogens is 196 g/mol. The lowest BCUT2D eigenvalue weighted by Gasteiger charge is -2.13. The van der Waals surface area contributed by atoms with Crippen LogP contribution in [0.3, 0.4) is 0 Å². The molecule has 0 fully saturated rings. The van der Waals surface area contributed by atoms with Crippen molar-refractivity contribution in [1.82, 2.24) is 0 Å². The van der Waals surface area contributed by atoms with Crippen LogP contribution in [0.5, 0.6) is 0 Å². The number of hydrogen-bond donors (Lipinski definition) is 0. The maximum atomic E-state index is 11.9. The van der Waals surface area contributed by atoms with Gasteiger partial charge in [-0.15, -0.1) is 0 Å². The molecule has 0 saturated carbocycles. The molecule has 0 heterocycles. The number of Topliss-reactive ketones (excluding diaryl/α,β-unsaturated/α-hetero) is 1. The van der Waals surface area contributed by atoms with Gasteiger partial charge in [-0.2, -0.15) is 0 Å².